The van der Waals surface area contributed by atoms with Crippen molar-refractivity contribution in [1.29, 1.82) is 5.26 Å². The van der Waals surface area contributed by atoms with Gasteiger partial charge in [0.2, 0.25) is 0 Å². The number of nitrogens with zero attached hydrogens (tertiary/aromatic N) is 2. The van der Waals surface area contributed by atoms with E-state index in [1.807, 2.05) is 0 Å². The first-order chi connectivity index (χ1) is 15.0. The summed E-state index contributed by atoms with van der Waals surface area (Å²) < 4.78 is 57.2. The fourth-order valence-corrected chi connectivity index (χ4v) is 3.90. The molecule has 0 aliphatic heterocycles. The number of alkyl halides is 4. The molecule has 1 aromatic heterocycles. The average molecular weight is 431 g/mol. The van der Waals surface area contributed by atoms with E-state index in [0.29, 0.717) is 16.6 Å². The Morgan fingerprint density at radius 2 is 1.81 bits per heavy atom. The monoisotopic (exact) mass is 431 g/mol. The van der Waals surface area contributed by atoms with E-state index in [1.54, 1.807) is 42.5 Å². The SMILES string of the molecule is N#Cc1c(-c2ccc(NCC(F)F)cc2)n(C2CCC2)c2ccc(OCC(F)F)cc12. The van der Waals surface area contributed by atoms with Crippen molar-refractivity contribution in [2.24, 2.45) is 0 Å². The number of halogens is 4. The van der Waals surface area contributed by atoms with Crippen molar-refractivity contribution in [3.05, 3.63) is 48.0 Å². The maximum Gasteiger partial charge on any atom is 0.272 e. The molecular formula is C23H21F4N3O. The van der Waals surface area contributed by atoms with E-state index in [9.17, 15) is 22.8 Å². The minimum atomic E-state index is -2.58. The topological polar surface area (TPSA) is 50.0 Å². The lowest BCUT2D eigenvalue weighted by Gasteiger charge is -2.30. The van der Waals surface area contributed by atoms with E-state index in [4.69, 9.17) is 4.74 Å². The molecule has 3 aromatic rings. The number of fused-ring (bicyclic) bond motifs is 1. The Balaban J connectivity index is 1.78. The van der Waals surface area contributed by atoms with Gasteiger partial charge >= 0.3 is 0 Å². The van der Waals surface area contributed by atoms with Gasteiger partial charge in [0.05, 0.1) is 23.3 Å². The number of anilines is 1. The van der Waals surface area contributed by atoms with Crippen LogP contribution in [0.25, 0.3) is 22.2 Å². The Morgan fingerprint density at radius 3 is 2.39 bits per heavy atom. The minimum Gasteiger partial charge on any atom is -0.488 e. The van der Waals surface area contributed by atoms with Gasteiger partial charge in [0.15, 0.2) is 0 Å². The second-order valence-electron chi connectivity index (χ2n) is 7.52. The van der Waals surface area contributed by atoms with E-state index in [2.05, 4.69) is 16.0 Å². The highest BCUT2D eigenvalue weighted by molar-refractivity contribution is 5.95. The smallest absolute Gasteiger partial charge is 0.272 e. The van der Waals surface area contributed by atoms with Crippen LogP contribution in [0, 0.1) is 11.3 Å². The van der Waals surface area contributed by atoms with Gasteiger partial charge in [-0.25, -0.2) is 17.6 Å². The van der Waals surface area contributed by atoms with Gasteiger partial charge in [-0.3, -0.25) is 0 Å². The molecule has 1 aliphatic carbocycles. The Bertz CT molecular complexity index is 1100. The Morgan fingerprint density at radius 1 is 1.06 bits per heavy atom. The third kappa shape index (κ3) is 4.31. The molecule has 4 rings (SSSR count). The first-order valence-corrected chi connectivity index (χ1v) is 10.1. The van der Waals surface area contributed by atoms with Crippen molar-refractivity contribution >= 4 is 16.6 Å². The largest absolute Gasteiger partial charge is 0.488 e. The molecule has 0 unspecified atom stereocenters. The number of nitrogens with one attached hydrogen (secondary N) is 1. The van der Waals surface area contributed by atoms with Crippen LogP contribution in [0.2, 0.25) is 0 Å². The van der Waals surface area contributed by atoms with Gasteiger partial charge in [-0.1, -0.05) is 12.1 Å². The number of ether oxygens (including phenoxy) is 1. The Hall–Kier alpha value is -3.21. The van der Waals surface area contributed by atoms with E-state index >= 15 is 0 Å². The molecule has 1 heterocycles. The summed E-state index contributed by atoms with van der Waals surface area (Å²) in [6, 6.07) is 14.6. The van der Waals surface area contributed by atoms with Crippen LogP contribution in [0.5, 0.6) is 5.75 Å². The third-order valence-electron chi connectivity index (χ3n) is 5.52. The molecule has 0 atom stereocenters. The van der Waals surface area contributed by atoms with Crippen molar-refractivity contribution < 1.29 is 22.3 Å². The number of benzene rings is 2. The molecule has 0 spiro atoms. The van der Waals surface area contributed by atoms with Gasteiger partial charge < -0.3 is 14.6 Å². The first-order valence-electron chi connectivity index (χ1n) is 10.1. The number of hydrogen-bond donors (Lipinski definition) is 1. The Labute approximate surface area is 177 Å². The summed E-state index contributed by atoms with van der Waals surface area (Å²) in [6.45, 7) is -1.15. The third-order valence-corrected chi connectivity index (χ3v) is 5.52. The zero-order valence-electron chi connectivity index (χ0n) is 16.6. The molecule has 2 aromatic carbocycles. The maximum absolute atomic E-state index is 12.5. The van der Waals surface area contributed by atoms with Crippen LogP contribution < -0.4 is 10.1 Å². The van der Waals surface area contributed by atoms with E-state index < -0.39 is 26.0 Å². The number of hydrogen-bond acceptors (Lipinski definition) is 3. The van der Waals surface area contributed by atoms with Crippen LogP contribution in [-0.4, -0.2) is 30.6 Å². The highest BCUT2D eigenvalue weighted by Crippen LogP contribution is 2.43. The summed E-state index contributed by atoms with van der Waals surface area (Å²) in [5, 5.41) is 13.3. The van der Waals surface area contributed by atoms with Crippen LogP contribution in [0.4, 0.5) is 23.2 Å². The summed E-state index contributed by atoms with van der Waals surface area (Å²) in [5.41, 5.74) is 3.39. The average Bonchev–Trinajstić information content (AvgIpc) is 3.03. The van der Waals surface area contributed by atoms with E-state index in [1.165, 1.54) is 0 Å². The Kier molecular flexibility index (Phi) is 6.03. The summed E-state index contributed by atoms with van der Waals surface area (Å²) in [5.74, 6) is 0.285. The van der Waals surface area contributed by atoms with Gasteiger partial charge in [0, 0.05) is 17.1 Å². The summed E-state index contributed by atoms with van der Waals surface area (Å²) in [7, 11) is 0. The van der Waals surface area contributed by atoms with Gasteiger partial charge in [-0.15, -0.1) is 0 Å². The number of rotatable bonds is 8. The molecule has 1 N–H and O–H groups in total. The van der Waals surface area contributed by atoms with Crippen LogP contribution >= 0.6 is 0 Å². The lowest BCUT2D eigenvalue weighted by atomic mass is 9.92. The van der Waals surface area contributed by atoms with E-state index in [-0.39, 0.29) is 11.8 Å². The van der Waals surface area contributed by atoms with Crippen LogP contribution in [0.1, 0.15) is 30.9 Å². The van der Waals surface area contributed by atoms with Gasteiger partial charge in [0.25, 0.3) is 12.9 Å². The maximum atomic E-state index is 12.5. The van der Waals surface area contributed by atoms with Crippen LogP contribution in [0.3, 0.4) is 0 Å². The number of nitriles is 1. The molecule has 31 heavy (non-hydrogen) atoms. The zero-order chi connectivity index (χ0) is 22.0. The first kappa shape index (κ1) is 21.0. The highest BCUT2D eigenvalue weighted by Gasteiger charge is 2.28. The van der Waals surface area contributed by atoms with Crippen molar-refractivity contribution in [2.75, 3.05) is 18.5 Å². The normalized spacial score (nSPS) is 14.1. The molecule has 0 amide bonds. The lowest BCUT2D eigenvalue weighted by molar-refractivity contribution is 0.0820. The van der Waals surface area contributed by atoms with Crippen LogP contribution in [0.15, 0.2) is 42.5 Å². The standard InChI is InChI=1S/C23H21F4N3O/c24-21(25)12-29-15-6-4-14(5-7-15)23-19(11-28)18-10-17(31-13-22(26)27)8-9-20(18)30(23)16-2-1-3-16/h4-10,16,21-22,29H,1-3,12-13H2. The summed E-state index contributed by atoms with van der Waals surface area (Å²) >= 11 is 0. The molecule has 8 heteroatoms. The molecule has 0 bridgehead atoms. The second kappa shape index (κ2) is 8.88. The molecule has 1 saturated carbocycles. The molecule has 1 aliphatic rings. The minimum absolute atomic E-state index is 0.240. The quantitative estimate of drug-likeness (QED) is 0.431. The van der Waals surface area contributed by atoms with E-state index in [0.717, 1.165) is 36.0 Å². The van der Waals surface area contributed by atoms with Crippen molar-refractivity contribution in [3.8, 4) is 23.1 Å². The van der Waals surface area contributed by atoms with Gasteiger partial charge in [-0.05, 0) is 55.2 Å². The predicted molar refractivity (Wildman–Crippen MR) is 111 cm³/mol. The van der Waals surface area contributed by atoms with Gasteiger partial charge in [-0.2, -0.15) is 5.26 Å². The molecule has 1 fully saturated rings. The summed E-state index contributed by atoms with van der Waals surface area (Å²) in [4.78, 5) is 0. The van der Waals surface area contributed by atoms with Gasteiger partial charge in [0.1, 0.15) is 18.4 Å². The van der Waals surface area contributed by atoms with Crippen molar-refractivity contribution in [1.82, 2.24) is 4.57 Å². The fraction of sp³-hybridized carbons (Fsp3) is 0.348. The summed E-state index contributed by atoms with van der Waals surface area (Å²) in [6.07, 6.45) is -1.97. The van der Waals surface area contributed by atoms with Crippen molar-refractivity contribution in [2.45, 2.75) is 38.2 Å². The van der Waals surface area contributed by atoms with Crippen molar-refractivity contribution in [3.63, 3.8) is 0 Å². The highest BCUT2D eigenvalue weighted by atomic mass is 19.3. The number of aromatic nitrogens is 1. The molecule has 0 radical (unpaired) electrons. The lowest BCUT2D eigenvalue weighted by Crippen LogP contribution is -2.17. The van der Waals surface area contributed by atoms with Crippen LogP contribution in [-0.2, 0) is 0 Å². The zero-order valence-corrected chi connectivity index (χ0v) is 16.6. The second-order valence-corrected chi connectivity index (χ2v) is 7.52. The fourth-order valence-electron chi connectivity index (χ4n) is 3.90. The molecule has 0 saturated heterocycles. The molecular weight excluding hydrogens is 410 g/mol. The predicted octanol–water partition coefficient (Wildman–Crippen LogP) is 6.23. The molecule has 162 valence electrons. The molecule has 4 nitrogen and oxygen atoms in total.